The monoisotopic (exact) mass is 427 g/mol. The van der Waals surface area contributed by atoms with Gasteiger partial charge in [-0.2, -0.15) is 0 Å². The fourth-order valence-corrected chi connectivity index (χ4v) is 4.27. The fourth-order valence-electron chi connectivity index (χ4n) is 4.27. The first-order valence-electron chi connectivity index (χ1n) is 11.6. The third kappa shape index (κ3) is 6.31. The molecule has 1 saturated carbocycles. The van der Waals surface area contributed by atoms with E-state index in [-0.39, 0.29) is 23.6 Å². The Labute approximate surface area is 186 Å². The summed E-state index contributed by atoms with van der Waals surface area (Å²) < 4.78 is 0. The van der Waals surface area contributed by atoms with Crippen molar-refractivity contribution in [3.63, 3.8) is 0 Å². The van der Waals surface area contributed by atoms with Crippen molar-refractivity contribution in [2.75, 3.05) is 18.4 Å². The molecular weight excluding hydrogens is 390 g/mol. The number of likely N-dealkylation sites (tertiary alicyclic amines) is 1. The van der Waals surface area contributed by atoms with E-state index in [2.05, 4.69) is 17.6 Å². The van der Waals surface area contributed by atoms with E-state index in [1.54, 1.807) is 24.3 Å². The maximum absolute atomic E-state index is 12.9. The van der Waals surface area contributed by atoms with Crippen LogP contribution in [-0.2, 0) is 9.59 Å². The molecule has 1 aromatic rings. The van der Waals surface area contributed by atoms with Crippen LogP contribution in [-0.4, -0.2) is 41.8 Å². The molecule has 6 nitrogen and oxygen atoms in total. The predicted octanol–water partition coefficient (Wildman–Crippen LogP) is 4.22. The van der Waals surface area contributed by atoms with Crippen LogP contribution >= 0.6 is 0 Å². The number of carbonyl (C=O) groups is 3. The predicted molar refractivity (Wildman–Crippen MR) is 123 cm³/mol. The Morgan fingerprint density at radius 1 is 0.903 bits per heavy atom. The highest BCUT2D eigenvalue weighted by Crippen LogP contribution is 2.25. The molecule has 6 heteroatoms. The Morgan fingerprint density at radius 3 is 2.03 bits per heavy atom. The van der Waals surface area contributed by atoms with Crippen molar-refractivity contribution in [1.29, 1.82) is 0 Å². The first-order valence-corrected chi connectivity index (χ1v) is 11.6. The molecule has 0 aromatic heterocycles. The Bertz CT molecular complexity index is 781. The van der Waals surface area contributed by atoms with Crippen molar-refractivity contribution in [3.05, 3.63) is 29.8 Å². The number of amides is 3. The lowest BCUT2D eigenvalue weighted by atomic mass is 9.86. The van der Waals surface area contributed by atoms with E-state index in [0.717, 1.165) is 18.8 Å². The number of hydrogen-bond acceptors (Lipinski definition) is 3. The van der Waals surface area contributed by atoms with Crippen LogP contribution < -0.4 is 10.6 Å². The zero-order chi connectivity index (χ0) is 22.6. The molecule has 0 bridgehead atoms. The summed E-state index contributed by atoms with van der Waals surface area (Å²) in [6.45, 7) is 9.06. The minimum Gasteiger partial charge on any atom is -0.353 e. The Hall–Kier alpha value is -2.37. The second-order valence-corrected chi connectivity index (χ2v) is 10.3. The van der Waals surface area contributed by atoms with Crippen LogP contribution in [0.3, 0.4) is 0 Å². The molecule has 1 aliphatic carbocycles. The lowest BCUT2D eigenvalue weighted by Crippen LogP contribution is -2.46. The van der Waals surface area contributed by atoms with E-state index in [4.69, 9.17) is 0 Å². The molecule has 0 atom stereocenters. The zero-order valence-electron chi connectivity index (χ0n) is 19.4. The van der Waals surface area contributed by atoms with Gasteiger partial charge in [0.2, 0.25) is 11.8 Å². The summed E-state index contributed by atoms with van der Waals surface area (Å²) in [6.07, 6.45) is 5.96. The molecule has 0 unspecified atom stereocenters. The molecule has 0 spiro atoms. The van der Waals surface area contributed by atoms with Crippen molar-refractivity contribution in [2.24, 2.45) is 17.3 Å². The number of rotatable bonds is 4. The van der Waals surface area contributed by atoms with Crippen LogP contribution in [0.1, 0.15) is 76.6 Å². The average molecular weight is 428 g/mol. The minimum absolute atomic E-state index is 0.00149. The van der Waals surface area contributed by atoms with Crippen molar-refractivity contribution >= 4 is 23.4 Å². The second-order valence-electron chi connectivity index (χ2n) is 10.3. The lowest BCUT2D eigenvalue weighted by molar-refractivity contribution is -0.127. The van der Waals surface area contributed by atoms with E-state index in [0.29, 0.717) is 43.2 Å². The number of piperidine rings is 1. The lowest BCUT2D eigenvalue weighted by Gasteiger charge is -2.33. The number of carbonyl (C=O) groups excluding carboxylic acids is 3. The third-order valence-electron chi connectivity index (χ3n) is 6.59. The van der Waals surface area contributed by atoms with Crippen LogP contribution in [0.5, 0.6) is 0 Å². The standard InChI is InChI=1S/C25H37N3O3/c1-17-5-9-20(10-6-17)26-22(29)18-13-15-28(16-14-18)23(30)19-7-11-21(12-8-19)27-24(31)25(2,3)4/h7-8,11-12,17-18,20H,5-6,9-10,13-16H2,1-4H3,(H,26,29)(H,27,31). The summed E-state index contributed by atoms with van der Waals surface area (Å²) >= 11 is 0. The SMILES string of the molecule is CC1CCC(NC(=O)C2CCN(C(=O)c3ccc(NC(=O)C(C)(C)C)cc3)CC2)CC1. The molecule has 3 amide bonds. The molecule has 0 radical (unpaired) electrons. The Balaban J connectivity index is 1.47. The summed E-state index contributed by atoms with van der Waals surface area (Å²) in [5.74, 6) is 0.846. The Morgan fingerprint density at radius 2 is 1.48 bits per heavy atom. The van der Waals surface area contributed by atoms with Crippen molar-refractivity contribution in [3.8, 4) is 0 Å². The topological polar surface area (TPSA) is 78.5 Å². The van der Waals surface area contributed by atoms with Crippen LogP contribution in [0.15, 0.2) is 24.3 Å². The molecule has 1 aromatic carbocycles. The van der Waals surface area contributed by atoms with Crippen LogP contribution in [0.25, 0.3) is 0 Å². The maximum atomic E-state index is 12.9. The van der Waals surface area contributed by atoms with Crippen LogP contribution in [0.2, 0.25) is 0 Å². The number of anilines is 1. The van der Waals surface area contributed by atoms with E-state index in [1.165, 1.54) is 12.8 Å². The van der Waals surface area contributed by atoms with Crippen molar-refractivity contribution in [2.45, 2.75) is 72.3 Å². The second kappa shape index (κ2) is 9.84. The smallest absolute Gasteiger partial charge is 0.253 e. The summed E-state index contributed by atoms with van der Waals surface area (Å²) in [5.41, 5.74) is 0.817. The van der Waals surface area contributed by atoms with E-state index >= 15 is 0 Å². The highest BCUT2D eigenvalue weighted by molar-refractivity contribution is 5.97. The number of nitrogens with zero attached hydrogens (tertiary/aromatic N) is 1. The molecule has 2 fully saturated rings. The number of nitrogens with one attached hydrogen (secondary N) is 2. The molecule has 31 heavy (non-hydrogen) atoms. The summed E-state index contributed by atoms with van der Waals surface area (Å²) in [4.78, 5) is 39.4. The largest absolute Gasteiger partial charge is 0.353 e. The van der Waals surface area contributed by atoms with Gasteiger partial charge in [0.15, 0.2) is 0 Å². The van der Waals surface area contributed by atoms with Gasteiger partial charge in [0.1, 0.15) is 0 Å². The number of benzene rings is 1. The first kappa shape index (κ1) is 23.3. The van der Waals surface area contributed by atoms with Gasteiger partial charge < -0.3 is 15.5 Å². The highest BCUT2D eigenvalue weighted by Gasteiger charge is 2.30. The van der Waals surface area contributed by atoms with E-state index in [9.17, 15) is 14.4 Å². The van der Waals surface area contributed by atoms with Gasteiger partial charge in [0, 0.05) is 41.7 Å². The maximum Gasteiger partial charge on any atom is 0.253 e. The molecule has 3 rings (SSSR count). The quantitative estimate of drug-likeness (QED) is 0.755. The molecule has 2 aliphatic rings. The van der Waals surface area contributed by atoms with Gasteiger partial charge in [0.05, 0.1) is 0 Å². The van der Waals surface area contributed by atoms with Gasteiger partial charge in [-0.3, -0.25) is 14.4 Å². The van der Waals surface area contributed by atoms with Crippen LogP contribution in [0.4, 0.5) is 5.69 Å². The van der Waals surface area contributed by atoms with Gasteiger partial charge in [-0.25, -0.2) is 0 Å². The highest BCUT2D eigenvalue weighted by atomic mass is 16.2. The summed E-state index contributed by atoms with van der Waals surface area (Å²) in [5, 5.41) is 6.11. The average Bonchev–Trinajstić information content (AvgIpc) is 2.75. The molecule has 1 heterocycles. The third-order valence-corrected chi connectivity index (χ3v) is 6.59. The van der Waals surface area contributed by atoms with Crippen molar-refractivity contribution < 1.29 is 14.4 Å². The normalized spacial score (nSPS) is 22.6. The van der Waals surface area contributed by atoms with E-state index < -0.39 is 5.41 Å². The van der Waals surface area contributed by atoms with Gasteiger partial charge >= 0.3 is 0 Å². The summed E-state index contributed by atoms with van der Waals surface area (Å²) in [6, 6.07) is 7.36. The fraction of sp³-hybridized carbons (Fsp3) is 0.640. The van der Waals surface area contributed by atoms with Gasteiger partial charge in [-0.1, -0.05) is 27.7 Å². The molecule has 170 valence electrons. The summed E-state index contributed by atoms with van der Waals surface area (Å²) in [7, 11) is 0. The molecule has 2 N–H and O–H groups in total. The molecule has 1 aliphatic heterocycles. The zero-order valence-corrected chi connectivity index (χ0v) is 19.4. The van der Waals surface area contributed by atoms with Gasteiger partial charge in [0.25, 0.3) is 5.91 Å². The first-order chi connectivity index (χ1) is 14.6. The van der Waals surface area contributed by atoms with Crippen molar-refractivity contribution in [1.82, 2.24) is 10.2 Å². The number of hydrogen-bond donors (Lipinski definition) is 2. The van der Waals surface area contributed by atoms with Gasteiger partial charge in [-0.15, -0.1) is 0 Å². The molecule has 1 saturated heterocycles. The van der Waals surface area contributed by atoms with Gasteiger partial charge in [-0.05, 0) is 68.7 Å². The minimum atomic E-state index is -0.472. The Kier molecular flexibility index (Phi) is 7.39. The van der Waals surface area contributed by atoms with Crippen LogP contribution in [0, 0.1) is 17.3 Å². The molecular formula is C25H37N3O3. The van der Waals surface area contributed by atoms with E-state index in [1.807, 2.05) is 25.7 Å².